The molecule has 2 fully saturated rings. The van der Waals surface area contributed by atoms with Crippen molar-refractivity contribution in [3.8, 4) is 0 Å². The molecule has 2 saturated heterocycles. The Hall–Kier alpha value is -0.0800. The van der Waals surface area contributed by atoms with E-state index in [1.807, 2.05) is 0 Å². The van der Waals surface area contributed by atoms with Gasteiger partial charge in [-0.25, -0.2) is 0 Å². The molecule has 0 bridgehead atoms. The van der Waals surface area contributed by atoms with Crippen molar-refractivity contribution in [2.75, 3.05) is 66.0 Å². The maximum atomic E-state index is 4.91. The molecule has 2 rings (SSSR count). The molecule has 2 aliphatic heterocycles. The van der Waals surface area contributed by atoms with Gasteiger partial charge in [-0.1, -0.05) is 13.8 Å². The minimum atomic E-state index is 0. The fourth-order valence-corrected chi connectivity index (χ4v) is 3.97. The molecule has 25 heavy (non-hydrogen) atoms. The zero-order valence-electron chi connectivity index (χ0n) is 16.8. The zero-order valence-corrected chi connectivity index (χ0v) is 19.2. The molecule has 0 saturated carbocycles. The van der Waals surface area contributed by atoms with Gasteiger partial charge in [0.05, 0.1) is 0 Å². The molecule has 5 nitrogen and oxygen atoms in total. The lowest BCUT2D eigenvalue weighted by Gasteiger charge is -2.37. The Kier molecular flexibility index (Phi) is 11.3. The van der Waals surface area contributed by atoms with E-state index in [-0.39, 0.29) is 24.0 Å². The molecule has 2 unspecified atom stereocenters. The van der Waals surface area contributed by atoms with Gasteiger partial charge < -0.3 is 20.0 Å². The molecule has 2 heterocycles. The first-order chi connectivity index (χ1) is 11.6. The van der Waals surface area contributed by atoms with Crippen LogP contribution in [-0.4, -0.2) is 86.6 Å². The molecule has 0 aliphatic carbocycles. The number of aliphatic imine (C=N–C) groups is 1. The number of piperidine rings is 1. The number of piperazine rings is 1. The maximum absolute atomic E-state index is 4.91. The van der Waals surface area contributed by atoms with Gasteiger partial charge in [-0.2, -0.15) is 0 Å². The van der Waals surface area contributed by atoms with Crippen LogP contribution in [0, 0.1) is 11.8 Å². The van der Waals surface area contributed by atoms with Crippen molar-refractivity contribution in [2.24, 2.45) is 16.8 Å². The lowest BCUT2D eigenvalue weighted by atomic mass is 9.92. The van der Waals surface area contributed by atoms with Crippen molar-refractivity contribution >= 4 is 29.9 Å². The second kappa shape index (κ2) is 12.3. The summed E-state index contributed by atoms with van der Waals surface area (Å²) in [7, 11) is 2.22. The average molecular weight is 465 g/mol. The first-order valence-corrected chi connectivity index (χ1v) is 10.0. The maximum Gasteiger partial charge on any atom is 0.193 e. The van der Waals surface area contributed by atoms with Crippen LogP contribution in [0.4, 0.5) is 0 Å². The molecule has 0 radical (unpaired) electrons. The molecule has 148 valence electrons. The molecule has 0 amide bonds. The number of nitrogens with one attached hydrogen (secondary N) is 1. The molecule has 0 aromatic rings. The van der Waals surface area contributed by atoms with Crippen LogP contribution in [-0.2, 0) is 0 Å². The zero-order chi connectivity index (χ0) is 17.4. The number of unbranched alkanes of at least 4 members (excludes halogenated alkanes) is 1. The Balaban J connectivity index is 0.00000312. The number of likely N-dealkylation sites (tertiary alicyclic amines) is 1. The van der Waals surface area contributed by atoms with Gasteiger partial charge in [-0.05, 0) is 51.6 Å². The Morgan fingerprint density at radius 3 is 2.28 bits per heavy atom. The van der Waals surface area contributed by atoms with E-state index in [0.717, 1.165) is 44.0 Å². The lowest BCUT2D eigenvalue weighted by Crippen LogP contribution is -2.48. The predicted octanol–water partition coefficient (Wildman–Crippen LogP) is 2.58. The molecule has 6 heteroatoms. The number of guanidine groups is 1. The quantitative estimate of drug-likeness (QED) is 0.283. The molecule has 0 spiro atoms. The Labute approximate surface area is 172 Å². The average Bonchev–Trinajstić information content (AvgIpc) is 2.54. The second-order valence-electron chi connectivity index (χ2n) is 7.94. The normalized spacial score (nSPS) is 26.4. The molecular weight excluding hydrogens is 425 g/mol. The Morgan fingerprint density at radius 1 is 1.04 bits per heavy atom. The minimum Gasteiger partial charge on any atom is -0.357 e. The van der Waals surface area contributed by atoms with Crippen molar-refractivity contribution in [3.05, 3.63) is 0 Å². The molecule has 0 aromatic carbocycles. The highest BCUT2D eigenvalue weighted by molar-refractivity contribution is 14.0. The van der Waals surface area contributed by atoms with Crippen molar-refractivity contribution in [1.82, 2.24) is 20.0 Å². The topological polar surface area (TPSA) is 34.1 Å². The van der Waals surface area contributed by atoms with Gasteiger partial charge in [0.15, 0.2) is 5.96 Å². The number of nitrogens with zero attached hydrogens (tertiary/aromatic N) is 4. The summed E-state index contributed by atoms with van der Waals surface area (Å²) in [6.07, 6.45) is 3.81. The number of rotatable bonds is 6. The van der Waals surface area contributed by atoms with Crippen LogP contribution < -0.4 is 5.32 Å². The van der Waals surface area contributed by atoms with E-state index in [1.165, 1.54) is 52.0 Å². The van der Waals surface area contributed by atoms with Crippen LogP contribution in [0.1, 0.15) is 40.0 Å². The SMILES string of the molecule is CCNC(=NCCCCN1CCN(C)CC1)N1CC(C)CC(C)C1.I. The summed E-state index contributed by atoms with van der Waals surface area (Å²) >= 11 is 0. The second-order valence-corrected chi connectivity index (χ2v) is 7.94. The highest BCUT2D eigenvalue weighted by Gasteiger charge is 2.23. The van der Waals surface area contributed by atoms with Crippen LogP contribution in [0.15, 0.2) is 4.99 Å². The Morgan fingerprint density at radius 2 is 1.68 bits per heavy atom. The van der Waals surface area contributed by atoms with Gasteiger partial charge in [0, 0.05) is 52.4 Å². The Bertz CT molecular complexity index is 372. The highest BCUT2D eigenvalue weighted by atomic mass is 127. The van der Waals surface area contributed by atoms with Crippen molar-refractivity contribution in [2.45, 2.75) is 40.0 Å². The van der Waals surface area contributed by atoms with E-state index in [0.29, 0.717) is 0 Å². The number of hydrogen-bond donors (Lipinski definition) is 1. The summed E-state index contributed by atoms with van der Waals surface area (Å²) in [5.74, 6) is 2.68. The highest BCUT2D eigenvalue weighted by Crippen LogP contribution is 2.20. The monoisotopic (exact) mass is 465 g/mol. The lowest BCUT2D eigenvalue weighted by molar-refractivity contribution is 0.152. The molecule has 0 aromatic heterocycles. The summed E-state index contributed by atoms with van der Waals surface area (Å²) in [6, 6.07) is 0. The van der Waals surface area contributed by atoms with Crippen LogP contribution in [0.25, 0.3) is 0 Å². The molecule has 2 atom stereocenters. The summed E-state index contributed by atoms with van der Waals surface area (Å²) in [5, 5.41) is 3.50. The van der Waals surface area contributed by atoms with Gasteiger partial charge in [0.25, 0.3) is 0 Å². The third kappa shape index (κ3) is 8.43. The summed E-state index contributed by atoms with van der Waals surface area (Å²) in [5.41, 5.74) is 0. The molecular formula is C19H40IN5. The number of likely N-dealkylation sites (N-methyl/N-ethyl adjacent to an activating group) is 1. The predicted molar refractivity (Wildman–Crippen MR) is 119 cm³/mol. The van der Waals surface area contributed by atoms with Crippen LogP contribution in [0.3, 0.4) is 0 Å². The van der Waals surface area contributed by atoms with Crippen molar-refractivity contribution in [3.63, 3.8) is 0 Å². The van der Waals surface area contributed by atoms with Gasteiger partial charge in [0.1, 0.15) is 0 Å². The van der Waals surface area contributed by atoms with Gasteiger partial charge in [-0.15, -0.1) is 24.0 Å². The number of hydrogen-bond acceptors (Lipinski definition) is 3. The minimum absolute atomic E-state index is 0. The first-order valence-electron chi connectivity index (χ1n) is 10.0. The first kappa shape index (κ1) is 23.0. The van der Waals surface area contributed by atoms with Crippen molar-refractivity contribution in [1.29, 1.82) is 0 Å². The third-order valence-electron chi connectivity index (χ3n) is 5.24. The largest absolute Gasteiger partial charge is 0.357 e. The van der Waals surface area contributed by atoms with Crippen molar-refractivity contribution < 1.29 is 0 Å². The van der Waals surface area contributed by atoms with Crippen LogP contribution in [0.2, 0.25) is 0 Å². The fourth-order valence-electron chi connectivity index (χ4n) is 3.97. The van der Waals surface area contributed by atoms with Gasteiger partial charge in [0.2, 0.25) is 0 Å². The van der Waals surface area contributed by atoms with Gasteiger partial charge in [-0.3, -0.25) is 4.99 Å². The van der Waals surface area contributed by atoms with E-state index < -0.39 is 0 Å². The van der Waals surface area contributed by atoms with E-state index in [4.69, 9.17) is 4.99 Å². The smallest absolute Gasteiger partial charge is 0.193 e. The van der Waals surface area contributed by atoms with E-state index >= 15 is 0 Å². The van der Waals surface area contributed by atoms with Crippen LogP contribution in [0.5, 0.6) is 0 Å². The van der Waals surface area contributed by atoms with Gasteiger partial charge >= 0.3 is 0 Å². The molecule has 1 N–H and O–H groups in total. The third-order valence-corrected chi connectivity index (χ3v) is 5.24. The number of halogens is 1. The fraction of sp³-hybridized carbons (Fsp3) is 0.947. The molecule has 2 aliphatic rings. The van der Waals surface area contributed by atoms with E-state index in [1.54, 1.807) is 0 Å². The van der Waals surface area contributed by atoms with Crippen LogP contribution >= 0.6 is 24.0 Å². The summed E-state index contributed by atoms with van der Waals surface area (Å²) in [6.45, 7) is 17.2. The van der Waals surface area contributed by atoms with E-state index in [9.17, 15) is 0 Å². The summed E-state index contributed by atoms with van der Waals surface area (Å²) in [4.78, 5) is 12.4. The van der Waals surface area contributed by atoms with E-state index in [2.05, 4.69) is 47.8 Å². The summed E-state index contributed by atoms with van der Waals surface area (Å²) < 4.78 is 0. The standard InChI is InChI=1S/C19H39N5.HI/c1-5-20-19(24-15-17(2)14-18(3)16-24)21-8-6-7-9-23-12-10-22(4)11-13-23;/h17-18H,5-16H2,1-4H3,(H,20,21);1H.